The van der Waals surface area contributed by atoms with Crippen molar-refractivity contribution in [2.75, 3.05) is 18.1 Å². The molecule has 1 heterocycles. The molecule has 82 valence electrons. The fraction of sp³-hybridized carbons (Fsp3) is 0.900. The van der Waals surface area contributed by atoms with E-state index in [1.807, 2.05) is 18.7 Å². The van der Waals surface area contributed by atoms with E-state index in [2.05, 4.69) is 5.32 Å². The van der Waals surface area contributed by atoms with Gasteiger partial charge in [-0.25, -0.2) is 0 Å². The quantitative estimate of drug-likeness (QED) is 0.736. The van der Waals surface area contributed by atoms with Crippen LogP contribution in [0.1, 0.15) is 26.2 Å². The third-order valence-corrected chi connectivity index (χ3v) is 3.76. The van der Waals surface area contributed by atoms with E-state index in [4.69, 9.17) is 5.73 Å². The summed E-state index contributed by atoms with van der Waals surface area (Å²) in [6.45, 7) is 2.47. The van der Waals surface area contributed by atoms with Gasteiger partial charge in [-0.2, -0.15) is 11.8 Å². The van der Waals surface area contributed by atoms with Crippen LogP contribution in [0.2, 0.25) is 0 Å². The molecule has 1 aliphatic rings. The Bertz CT molecular complexity index is 177. The maximum atomic E-state index is 11.7. The van der Waals surface area contributed by atoms with Crippen LogP contribution < -0.4 is 11.1 Å². The Hall–Kier alpha value is -0.220. The van der Waals surface area contributed by atoms with Crippen LogP contribution in [0.25, 0.3) is 0 Å². The van der Waals surface area contributed by atoms with Gasteiger partial charge in [0, 0.05) is 18.5 Å². The summed E-state index contributed by atoms with van der Waals surface area (Å²) in [5.74, 6) is 2.49. The number of carbonyl (C=O) groups is 1. The van der Waals surface area contributed by atoms with Crippen molar-refractivity contribution < 1.29 is 4.79 Å². The van der Waals surface area contributed by atoms with Gasteiger partial charge in [0.2, 0.25) is 5.91 Å². The van der Waals surface area contributed by atoms with Gasteiger partial charge < -0.3 is 11.1 Å². The van der Waals surface area contributed by atoms with Crippen molar-refractivity contribution in [3.05, 3.63) is 0 Å². The van der Waals surface area contributed by atoms with Crippen LogP contribution in [0.5, 0.6) is 0 Å². The van der Waals surface area contributed by atoms with Crippen LogP contribution in [0, 0.1) is 5.92 Å². The average Bonchev–Trinajstić information content (AvgIpc) is 2.21. The fourth-order valence-corrected chi connectivity index (χ4v) is 2.73. The molecule has 0 aromatic rings. The lowest BCUT2D eigenvalue weighted by molar-refractivity contribution is -0.125. The highest BCUT2D eigenvalue weighted by Crippen LogP contribution is 2.17. The molecular formula is C10H20N2OS. The number of rotatable bonds is 4. The maximum absolute atomic E-state index is 11.7. The zero-order valence-corrected chi connectivity index (χ0v) is 9.61. The predicted molar refractivity (Wildman–Crippen MR) is 61.3 cm³/mol. The lowest BCUT2D eigenvalue weighted by atomic mass is 10.0. The molecule has 1 rings (SSSR count). The van der Waals surface area contributed by atoms with Crippen LogP contribution in [-0.4, -0.2) is 30.0 Å². The molecule has 1 amide bonds. The first-order valence-corrected chi connectivity index (χ1v) is 6.51. The molecule has 0 aromatic carbocycles. The first-order valence-electron chi connectivity index (χ1n) is 5.36. The zero-order valence-electron chi connectivity index (χ0n) is 8.79. The van der Waals surface area contributed by atoms with Crippen LogP contribution >= 0.6 is 11.8 Å². The van der Waals surface area contributed by atoms with E-state index in [9.17, 15) is 4.79 Å². The fourth-order valence-electron chi connectivity index (χ4n) is 1.62. The summed E-state index contributed by atoms with van der Waals surface area (Å²) in [6.07, 6.45) is 3.05. The standard InChI is InChI=1S/C10H20N2OS/c1-2-8(7-11)10(13)12-9-3-5-14-6-4-9/h8-9H,2-7,11H2,1H3,(H,12,13). The minimum absolute atomic E-state index is 0.00424. The van der Waals surface area contributed by atoms with Crippen LogP contribution in [0.3, 0.4) is 0 Å². The van der Waals surface area contributed by atoms with E-state index in [0.717, 1.165) is 19.3 Å². The monoisotopic (exact) mass is 216 g/mol. The molecule has 1 aliphatic heterocycles. The van der Waals surface area contributed by atoms with Gasteiger partial charge in [0.05, 0.1) is 0 Å². The molecule has 1 unspecified atom stereocenters. The van der Waals surface area contributed by atoms with E-state index in [-0.39, 0.29) is 11.8 Å². The van der Waals surface area contributed by atoms with E-state index >= 15 is 0 Å². The van der Waals surface area contributed by atoms with Gasteiger partial charge in [-0.3, -0.25) is 4.79 Å². The van der Waals surface area contributed by atoms with Crippen molar-refractivity contribution in [2.24, 2.45) is 11.7 Å². The Morgan fingerprint density at radius 3 is 2.71 bits per heavy atom. The minimum atomic E-state index is 0.00424. The van der Waals surface area contributed by atoms with Gasteiger partial charge in [0.15, 0.2) is 0 Å². The number of hydrogen-bond acceptors (Lipinski definition) is 3. The number of thioether (sulfide) groups is 1. The highest BCUT2D eigenvalue weighted by atomic mass is 32.2. The summed E-state index contributed by atoms with van der Waals surface area (Å²) < 4.78 is 0. The van der Waals surface area contributed by atoms with Crippen molar-refractivity contribution in [3.63, 3.8) is 0 Å². The molecule has 0 bridgehead atoms. The highest BCUT2D eigenvalue weighted by molar-refractivity contribution is 7.99. The van der Waals surface area contributed by atoms with Gasteiger partial charge in [0.25, 0.3) is 0 Å². The number of hydrogen-bond donors (Lipinski definition) is 2. The topological polar surface area (TPSA) is 55.1 Å². The number of amides is 1. The van der Waals surface area contributed by atoms with Crippen molar-refractivity contribution in [1.82, 2.24) is 5.32 Å². The van der Waals surface area contributed by atoms with Crippen molar-refractivity contribution in [1.29, 1.82) is 0 Å². The first kappa shape index (κ1) is 11.9. The molecule has 0 radical (unpaired) electrons. The average molecular weight is 216 g/mol. The molecule has 0 saturated carbocycles. The molecule has 0 spiro atoms. The molecular weight excluding hydrogens is 196 g/mol. The summed E-state index contributed by atoms with van der Waals surface area (Å²) in [4.78, 5) is 11.7. The Kier molecular flexibility index (Phi) is 5.33. The summed E-state index contributed by atoms with van der Waals surface area (Å²) in [5, 5.41) is 3.09. The van der Waals surface area contributed by atoms with E-state index < -0.39 is 0 Å². The number of nitrogens with one attached hydrogen (secondary N) is 1. The van der Waals surface area contributed by atoms with E-state index in [1.54, 1.807) is 0 Å². The molecule has 14 heavy (non-hydrogen) atoms. The van der Waals surface area contributed by atoms with Crippen LogP contribution in [-0.2, 0) is 4.79 Å². The largest absolute Gasteiger partial charge is 0.353 e. The van der Waals surface area contributed by atoms with E-state index in [0.29, 0.717) is 12.6 Å². The van der Waals surface area contributed by atoms with Gasteiger partial charge in [0.1, 0.15) is 0 Å². The second-order valence-electron chi connectivity index (χ2n) is 3.74. The Labute approximate surface area is 90.2 Å². The molecule has 3 N–H and O–H groups in total. The molecule has 1 fully saturated rings. The second-order valence-corrected chi connectivity index (χ2v) is 4.96. The Morgan fingerprint density at radius 1 is 1.57 bits per heavy atom. The highest BCUT2D eigenvalue weighted by Gasteiger charge is 2.20. The molecule has 3 nitrogen and oxygen atoms in total. The third kappa shape index (κ3) is 3.50. The summed E-state index contributed by atoms with van der Waals surface area (Å²) in [7, 11) is 0. The lowest BCUT2D eigenvalue weighted by Gasteiger charge is -2.24. The first-order chi connectivity index (χ1) is 6.77. The van der Waals surface area contributed by atoms with Crippen molar-refractivity contribution in [3.8, 4) is 0 Å². The zero-order chi connectivity index (χ0) is 10.4. The predicted octanol–water partition coefficient (Wildman–Crippen LogP) is 0.983. The van der Waals surface area contributed by atoms with Gasteiger partial charge in [-0.1, -0.05) is 6.92 Å². The summed E-state index contributed by atoms with van der Waals surface area (Å²) >= 11 is 1.97. The Balaban J connectivity index is 2.30. The number of nitrogens with two attached hydrogens (primary N) is 1. The van der Waals surface area contributed by atoms with Crippen molar-refractivity contribution in [2.45, 2.75) is 32.2 Å². The lowest BCUT2D eigenvalue weighted by Crippen LogP contribution is -2.42. The molecule has 0 aliphatic carbocycles. The summed E-state index contributed by atoms with van der Waals surface area (Å²) in [5.41, 5.74) is 5.52. The third-order valence-electron chi connectivity index (χ3n) is 2.72. The van der Waals surface area contributed by atoms with Crippen LogP contribution in [0.15, 0.2) is 0 Å². The van der Waals surface area contributed by atoms with Gasteiger partial charge in [-0.15, -0.1) is 0 Å². The molecule has 4 heteroatoms. The molecule has 1 saturated heterocycles. The second kappa shape index (κ2) is 6.30. The molecule has 1 atom stereocenters. The maximum Gasteiger partial charge on any atom is 0.224 e. The normalized spacial score (nSPS) is 20.4. The van der Waals surface area contributed by atoms with Crippen LogP contribution in [0.4, 0.5) is 0 Å². The number of carbonyl (C=O) groups excluding carboxylic acids is 1. The van der Waals surface area contributed by atoms with Gasteiger partial charge in [-0.05, 0) is 30.8 Å². The van der Waals surface area contributed by atoms with Crippen molar-refractivity contribution >= 4 is 17.7 Å². The SMILES string of the molecule is CCC(CN)C(=O)NC1CCSCC1. The van der Waals surface area contributed by atoms with Gasteiger partial charge >= 0.3 is 0 Å². The Morgan fingerprint density at radius 2 is 2.21 bits per heavy atom. The minimum Gasteiger partial charge on any atom is -0.353 e. The molecule has 0 aromatic heterocycles. The van der Waals surface area contributed by atoms with E-state index in [1.165, 1.54) is 11.5 Å². The smallest absolute Gasteiger partial charge is 0.224 e. The summed E-state index contributed by atoms with van der Waals surface area (Å²) in [6, 6.07) is 0.393.